The molecule has 1 N–H and O–H groups in total. The summed E-state index contributed by atoms with van der Waals surface area (Å²) in [6.45, 7) is 5.46. The Hall–Kier alpha value is -1.43. The molecule has 4 nitrogen and oxygen atoms in total. The van der Waals surface area contributed by atoms with Gasteiger partial charge >= 0.3 is 5.97 Å². The summed E-state index contributed by atoms with van der Waals surface area (Å²) in [6, 6.07) is 4.29. The second kappa shape index (κ2) is 8.12. The van der Waals surface area contributed by atoms with E-state index in [4.69, 9.17) is 4.74 Å². The van der Waals surface area contributed by atoms with E-state index in [9.17, 15) is 14.0 Å². The average Bonchev–Trinajstić information content (AvgIpc) is 2.39. The molecule has 0 saturated carbocycles. The van der Waals surface area contributed by atoms with Crippen molar-refractivity contribution in [2.45, 2.75) is 39.7 Å². The van der Waals surface area contributed by atoms with Crippen LogP contribution in [0.25, 0.3) is 0 Å². The second-order valence-electron chi connectivity index (χ2n) is 5.18. The zero-order chi connectivity index (χ0) is 16.0. The normalized spacial score (nSPS) is 12.1. The van der Waals surface area contributed by atoms with E-state index in [1.807, 2.05) is 13.8 Å². The monoisotopic (exact) mass is 359 g/mol. The highest BCUT2D eigenvalue weighted by molar-refractivity contribution is 9.10. The summed E-state index contributed by atoms with van der Waals surface area (Å²) in [6.07, 6.45) is 0.00361. The van der Waals surface area contributed by atoms with E-state index in [2.05, 4.69) is 21.2 Å². The number of amides is 1. The topological polar surface area (TPSA) is 55.4 Å². The molecule has 0 heterocycles. The predicted octanol–water partition coefficient (Wildman–Crippen LogP) is 3.89. The van der Waals surface area contributed by atoms with Gasteiger partial charge in [0.15, 0.2) is 6.10 Å². The number of halogens is 2. The smallest absolute Gasteiger partial charge is 0.306 e. The third-order valence-electron chi connectivity index (χ3n) is 2.79. The third-order valence-corrected chi connectivity index (χ3v) is 3.29. The van der Waals surface area contributed by atoms with Crippen molar-refractivity contribution in [3.8, 4) is 0 Å². The van der Waals surface area contributed by atoms with Crippen molar-refractivity contribution >= 4 is 33.5 Å². The van der Waals surface area contributed by atoms with Crippen molar-refractivity contribution in [2.75, 3.05) is 5.32 Å². The number of anilines is 1. The summed E-state index contributed by atoms with van der Waals surface area (Å²) in [5.74, 6) is -1.16. The molecule has 1 aromatic carbocycles. The van der Waals surface area contributed by atoms with Gasteiger partial charge in [0, 0.05) is 10.9 Å². The molecule has 1 rings (SSSR count). The lowest BCUT2D eigenvalue weighted by Crippen LogP contribution is -2.30. The van der Waals surface area contributed by atoms with Crippen LogP contribution in [0.3, 0.4) is 0 Å². The van der Waals surface area contributed by atoms with E-state index in [1.165, 1.54) is 19.1 Å². The Morgan fingerprint density at radius 1 is 1.33 bits per heavy atom. The highest BCUT2D eigenvalue weighted by Gasteiger charge is 2.19. The summed E-state index contributed by atoms with van der Waals surface area (Å²) in [5.41, 5.74) is 0.0493. The molecular formula is C15H19BrFNO3. The molecule has 0 unspecified atom stereocenters. The van der Waals surface area contributed by atoms with Crippen LogP contribution < -0.4 is 5.32 Å². The van der Waals surface area contributed by atoms with Gasteiger partial charge in [0.1, 0.15) is 5.82 Å². The average molecular weight is 360 g/mol. The van der Waals surface area contributed by atoms with Crippen LogP contribution in [0.2, 0.25) is 0 Å². The van der Waals surface area contributed by atoms with E-state index >= 15 is 0 Å². The molecule has 0 aliphatic rings. The van der Waals surface area contributed by atoms with Crippen molar-refractivity contribution in [3.05, 3.63) is 28.5 Å². The summed E-state index contributed by atoms with van der Waals surface area (Å²) >= 11 is 3.13. The summed E-state index contributed by atoms with van der Waals surface area (Å²) < 4.78 is 19.2. The lowest BCUT2D eigenvalue weighted by atomic mass is 10.1. The Morgan fingerprint density at radius 3 is 2.57 bits per heavy atom. The molecule has 0 saturated heterocycles. The van der Waals surface area contributed by atoms with E-state index in [0.717, 1.165) is 0 Å². The highest BCUT2D eigenvalue weighted by Crippen LogP contribution is 2.19. The summed E-state index contributed by atoms with van der Waals surface area (Å²) in [7, 11) is 0. The van der Waals surface area contributed by atoms with Crippen molar-refractivity contribution in [2.24, 2.45) is 5.92 Å². The Morgan fingerprint density at radius 2 is 2.00 bits per heavy atom. The molecule has 1 atom stereocenters. The van der Waals surface area contributed by atoms with Gasteiger partial charge in [-0.05, 0) is 37.5 Å². The van der Waals surface area contributed by atoms with Gasteiger partial charge in [-0.2, -0.15) is 0 Å². The number of nitrogens with one attached hydrogen (secondary N) is 1. The molecule has 0 bridgehead atoms. The van der Waals surface area contributed by atoms with Crippen LogP contribution in [0, 0.1) is 11.7 Å². The molecule has 21 heavy (non-hydrogen) atoms. The van der Waals surface area contributed by atoms with Gasteiger partial charge in [0.25, 0.3) is 5.91 Å². The van der Waals surface area contributed by atoms with E-state index in [-0.39, 0.29) is 12.1 Å². The quantitative estimate of drug-likeness (QED) is 0.783. The summed E-state index contributed by atoms with van der Waals surface area (Å²) in [5, 5.41) is 2.40. The number of benzene rings is 1. The maximum atomic E-state index is 13.6. The standard InChI is InChI=1S/C15H19BrFNO3/c1-9(2)4-7-14(19)21-10(3)15(20)18-13-6-5-11(16)8-12(13)17/h5-6,8-10H,4,7H2,1-3H3,(H,18,20)/t10-/m0/s1. The first-order chi connectivity index (χ1) is 9.79. The molecule has 0 spiro atoms. The maximum absolute atomic E-state index is 13.6. The zero-order valence-electron chi connectivity index (χ0n) is 12.3. The van der Waals surface area contributed by atoms with Gasteiger partial charge in [-0.15, -0.1) is 0 Å². The Balaban J connectivity index is 2.52. The number of hydrogen-bond acceptors (Lipinski definition) is 3. The predicted molar refractivity (Wildman–Crippen MR) is 82.4 cm³/mol. The van der Waals surface area contributed by atoms with Gasteiger partial charge in [-0.1, -0.05) is 29.8 Å². The van der Waals surface area contributed by atoms with Gasteiger partial charge in [0.2, 0.25) is 0 Å². The van der Waals surface area contributed by atoms with Crippen LogP contribution in [-0.2, 0) is 14.3 Å². The first kappa shape index (κ1) is 17.6. The maximum Gasteiger partial charge on any atom is 0.306 e. The van der Waals surface area contributed by atoms with Crippen molar-refractivity contribution in [3.63, 3.8) is 0 Å². The number of rotatable bonds is 6. The van der Waals surface area contributed by atoms with Gasteiger partial charge in [-0.25, -0.2) is 4.39 Å². The van der Waals surface area contributed by atoms with Gasteiger partial charge in [0.05, 0.1) is 5.69 Å². The number of esters is 1. The Bertz CT molecular complexity index is 520. The fourth-order valence-electron chi connectivity index (χ4n) is 1.54. The molecular weight excluding hydrogens is 341 g/mol. The van der Waals surface area contributed by atoms with Gasteiger partial charge < -0.3 is 10.1 Å². The lowest BCUT2D eigenvalue weighted by Gasteiger charge is -2.14. The first-order valence-electron chi connectivity index (χ1n) is 6.75. The fraction of sp³-hybridized carbons (Fsp3) is 0.467. The second-order valence-corrected chi connectivity index (χ2v) is 6.09. The molecule has 0 aliphatic carbocycles. The molecule has 0 fully saturated rings. The molecule has 1 amide bonds. The number of hydrogen-bond donors (Lipinski definition) is 1. The van der Waals surface area contributed by atoms with Crippen molar-refractivity contribution in [1.29, 1.82) is 0 Å². The van der Waals surface area contributed by atoms with E-state index in [0.29, 0.717) is 16.8 Å². The minimum Gasteiger partial charge on any atom is -0.453 e. The first-order valence-corrected chi connectivity index (χ1v) is 7.54. The Kier molecular flexibility index (Phi) is 6.81. The minimum absolute atomic E-state index is 0.0493. The van der Waals surface area contributed by atoms with Gasteiger partial charge in [-0.3, -0.25) is 9.59 Å². The number of carbonyl (C=O) groups excluding carboxylic acids is 2. The zero-order valence-corrected chi connectivity index (χ0v) is 13.9. The largest absolute Gasteiger partial charge is 0.453 e. The van der Waals surface area contributed by atoms with Crippen LogP contribution in [0.1, 0.15) is 33.6 Å². The van der Waals surface area contributed by atoms with Crippen LogP contribution in [0.4, 0.5) is 10.1 Å². The van der Waals surface area contributed by atoms with E-state index < -0.39 is 23.8 Å². The van der Waals surface area contributed by atoms with E-state index in [1.54, 1.807) is 6.07 Å². The number of ether oxygens (including phenoxy) is 1. The van der Waals surface area contributed by atoms with Crippen LogP contribution >= 0.6 is 15.9 Å². The van der Waals surface area contributed by atoms with Crippen molar-refractivity contribution in [1.82, 2.24) is 0 Å². The van der Waals surface area contributed by atoms with Crippen molar-refractivity contribution < 1.29 is 18.7 Å². The SMILES string of the molecule is CC(C)CCC(=O)O[C@@H](C)C(=O)Nc1ccc(Br)cc1F. The molecule has 0 aromatic heterocycles. The molecule has 116 valence electrons. The third kappa shape index (κ3) is 6.25. The lowest BCUT2D eigenvalue weighted by molar-refractivity contribution is -0.153. The fourth-order valence-corrected chi connectivity index (χ4v) is 1.87. The molecule has 1 aromatic rings. The summed E-state index contributed by atoms with van der Waals surface area (Å²) in [4.78, 5) is 23.4. The van der Waals surface area contributed by atoms with Crippen LogP contribution in [-0.4, -0.2) is 18.0 Å². The Labute approximate surface area is 132 Å². The number of carbonyl (C=O) groups is 2. The highest BCUT2D eigenvalue weighted by atomic mass is 79.9. The minimum atomic E-state index is -0.965. The molecule has 0 aliphatic heterocycles. The van der Waals surface area contributed by atoms with Crippen LogP contribution in [0.15, 0.2) is 22.7 Å². The molecule has 6 heteroatoms. The molecule has 0 radical (unpaired) electrons. The van der Waals surface area contributed by atoms with Crippen LogP contribution in [0.5, 0.6) is 0 Å².